The highest BCUT2D eigenvalue weighted by molar-refractivity contribution is 6.32. The van der Waals surface area contributed by atoms with Crippen molar-refractivity contribution in [3.05, 3.63) is 60.0 Å². The third-order valence-electron chi connectivity index (χ3n) is 4.93. The fourth-order valence-electron chi connectivity index (χ4n) is 3.39. The Morgan fingerprint density at radius 1 is 1.17 bits per heavy atom. The maximum Gasteiger partial charge on any atom is 0.246 e. The average molecular weight is 410 g/mol. The van der Waals surface area contributed by atoms with Crippen LogP contribution < -0.4 is 9.64 Å². The number of amides is 1. The molecule has 7 nitrogen and oxygen atoms in total. The van der Waals surface area contributed by atoms with Crippen LogP contribution >= 0.6 is 11.6 Å². The SMILES string of the molecule is C=CC(=O)N1CCN(c2ncnc3c(Oc4c(C)cccc4Cl)nccc23)CC1. The number of nitrogens with zero attached hydrogens (tertiary/aromatic N) is 5. The molecule has 2 aromatic heterocycles. The molecule has 1 amide bonds. The number of carbonyl (C=O) groups excluding carboxylic acids is 1. The lowest BCUT2D eigenvalue weighted by atomic mass is 10.2. The first-order valence-electron chi connectivity index (χ1n) is 9.27. The molecule has 8 heteroatoms. The number of aryl methyl sites for hydroxylation is 1. The maximum atomic E-state index is 11.8. The Balaban J connectivity index is 1.66. The van der Waals surface area contributed by atoms with Crippen molar-refractivity contribution in [2.24, 2.45) is 0 Å². The monoisotopic (exact) mass is 409 g/mol. The van der Waals surface area contributed by atoms with E-state index in [1.165, 1.54) is 12.4 Å². The minimum absolute atomic E-state index is 0.0489. The number of fused-ring (bicyclic) bond motifs is 1. The molecule has 0 saturated carbocycles. The van der Waals surface area contributed by atoms with Crippen LogP contribution in [-0.4, -0.2) is 51.9 Å². The zero-order valence-electron chi connectivity index (χ0n) is 16.0. The van der Waals surface area contributed by atoms with Crippen molar-refractivity contribution in [1.29, 1.82) is 0 Å². The van der Waals surface area contributed by atoms with Crippen LogP contribution in [0.5, 0.6) is 11.6 Å². The molecule has 0 unspecified atom stereocenters. The number of hydrogen-bond donors (Lipinski definition) is 0. The van der Waals surface area contributed by atoms with Gasteiger partial charge in [0.2, 0.25) is 11.8 Å². The molecular weight excluding hydrogens is 390 g/mol. The highest BCUT2D eigenvalue weighted by Crippen LogP contribution is 2.35. The summed E-state index contributed by atoms with van der Waals surface area (Å²) >= 11 is 6.30. The predicted molar refractivity (Wildman–Crippen MR) is 113 cm³/mol. The first-order chi connectivity index (χ1) is 14.1. The Labute approximate surface area is 173 Å². The van der Waals surface area contributed by atoms with Gasteiger partial charge in [-0.25, -0.2) is 15.0 Å². The molecule has 3 aromatic rings. The maximum absolute atomic E-state index is 11.8. The first-order valence-corrected chi connectivity index (χ1v) is 9.65. The Bertz CT molecular complexity index is 1060. The summed E-state index contributed by atoms with van der Waals surface area (Å²) in [5.74, 6) is 1.68. The number of benzene rings is 1. The van der Waals surface area contributed by atoms with E-state index in [-0.39, 0.29) is 5.91 Å². The van der Waals surface area contributed by atoms with E-state index in [2.05, 4.69) is 26.4 Å². The van der Waals surface area contributed by atoms with Gasteiger partial charge in [0.25, 0.3) is 0 Å². The second-order valence-corrected chi connectivity index (χ2v) is 7.12. The standard InChI is InChI=1S/C21H20ClN5O2/c1-3-17(28)26-9-11-27(12-10-26)20-15-7-8-23-21(18(15)24-13-25-20)29-19-14(2)5-4-6-16(19)22/h3-8,13H,1,9-12H2,2H3. The molecule has 1 aromatic carbocycles. The van der Waals surface area contributed by atoms with Gasteiger partial charge < -0.3 is 14.5 Å². The Kier molecular flexibility index (Phi) is 5.31. The van der Waals surface area contributed by atoms with E-state index in [0.717, 1.165) is 16.8 Å². The summed E-state index contributed by atoms with van der Waals surface area (Å²) in [4.78, 5) is 29.0. The highest BCUT2D eigenvalue weighted by atomic mass is 35.5. The molecule has 0 N–H and O–H groups in total. The lowest BCUT2D eigenvalue weighted by Gasteiger charge is -2.35. The van der Waals surface area contributed by atoms with Gasteiger partial charge in [-0.15, -0.1) is 0 Å². The molecule has 1 aliphatic rings. The average Bonchev–Trinajstić information content (AvgIpc) is 2.75. The van der Waals surface area contributed by atoms with E-state index in [1.807, 2.05) is 25.1 Å². The number of anilines is 1. The van der Waals surface area contributed by atoms with Gasteiger partial charge in [0, 0.05) is 37.8 Å². The van der Waals surface area contributed by atoms with Crippen LogP contribution in [0.2, 0.25) is 5.02 Å². The van der Waals surface area contributed by atoms with E-state index in [0.29, 0.717) is 48.3 Å². The summed E-state index contributed by atoms with van der Waals surface area (Å²) in [5, 5.41) is 1.35. The normalized spacial score (nSPS) is 14.1. The molecule has 0 aliphatic carbocycles. The molecule has 148 valence electrons. The van der Waals surface area contributed by atoms with Crippen molar-refractivity contribution >= 4 is 34.2 Å². The highest BCUT2D eigenvalue weighted by Gasteiger charge is 2.23. The van der Waals surface area contributed by atoms with Gasteiger partial charge in [0.1, 0.15) is 17.7 Å². The Hall–Kier alpha value is -3.19. The summed E-state index contributed by atoms with van der Waals surface area (Å²) < 4.78 is 6.04. The van der Waals surface area contributed by atoms with Crippen molar-refractivity contribution in [3.63, 3.8) is 0 Å². The van der Waals surface area contributed by atoms with Gasteiger partial charge >= 0.3 is 0 Å². The van der Waals surface area contributed by atoms with E-state index >= 15 is 0 Å². The summed E-state index contributed by atoms with van der Waals surface area (Å²) in [6.45, 7) is 8.06. The molecule has 1 fully saturated rings. The third-order valence-corrected chi connectivity index (χ3v) is 5.22. The van der Waals surface area contributed by atoms with E-state index in [1.54, 1.807) is 17.2 Å². The number of ether oxygens (including phenoxy) is 1. The first kappa shape index (κ1) is 19.1. The second-order valence-electron chi connectivity index (χ2n) is 6.71. The number of piperazine rings is 1. The van der Waals surface area contributed by atoms with Crippen LogP contribution in [0.1, 0.15) is 5.56 Å². The van der Waals surface area contributed by atoms with Crippen LogP contribution in [0.3, 0.4) is 0 Å². The molecule has 1 aliphatic heterocycles. The third kappa shape index (κ3) is 3.73. The summed E-state index contributed by atoms with van der Waals surface area (Å²) in [7, 11) is 0. The smallest absolute Gasteiger partial charge is 0.246 e. The van der Waals surface area contributed by atoms with E-state index in [9.17, 15) is 4.79 Å². The molecule has 4 rings (SSSR count). The molecule has 0 bridgehead atoms. The molecular formula is C21H20ClN5O2. The minimum atomic E-state index is -0.0489. The van der Waals surface area contributed by atoms with Gasteiger partial charge in [-0.05, 0) is 30.7 Å². The number of hydrogen-bond acceptors (Lipinski definition) is 6. The minimum Gasteiger partial charge on any atom is -0.435 e. The van der Waals surface area contributed by atoms with Crippen molar-refractivity contribution < 1.29 is 9.53 Å². The molecule has 1 saturated heterocycles. The molecule has 0 atom stereocenters. The number of rotatable bonds is 4. The topological polar surface area (TPSA) is 71.5 Å². The van der Waals surface area contributed by atoms with E-state index in [4.69, 9.17) is 16.3 Å². The Morgan fingerprint density at radius 2 is 1.97 bits per heavy atom. The lowest BCUT2D eigenvalue weighted by Crippen LogP contribution is -2.48. The van der Waals surface area contributed by atoms with Crippen LogP contribution in [-0.2, 0) is 4.79 Å². The largest absolute Gasteiger partial charge is 0.435 e. The van der Waals surface area contributed by atoms with Gasteiger partial charge in [0.05, 0.1) is 5.02 Å². The molecule has 3 heterocycles. The van der Waals surface area contributed by atoms with Crippen molar-refractivity contribution in [2.75, 3.05) is 31.1 Å². The zero-order chi connectivity index (χ0) is 20.4. The van der Waals surface area contributed by atoms with Crippen LogP contribution in [0.25, 0.3) is 10.9 Å². The number of pyridine rings is 1. The zero-order valence-corrected chi connectivity index (χ0v) is 16.8. The summed E-state index contributed by atoms with van der Waals surface area (Å²) in [5.41, 5.74) is 1.52. The van der Waals surface area contributed by atoms with Crippen LogP contribution in [0.15, 0.2) is 49.4 Å². The van der Waals surface area contributed by atoms with Crippen LogP contribution in [0, 0.1) is 6.92 Å². The lowest BCUT2D eigenvalue weighted by molar-refractivity contribution is -0.126. The number of aromatic nitrogens is 3. The number of halogens is 1. The van der Waals surface area contributed by atoms with Crippen molar-refractivity contribution in [1.82, 2.24) is 19.9 Å². The van der Waals surface area contributed by atoms with Crippen LogP contribution in [0.4, 0.5) is 5.82 Å². The van der Waals surface area contributed by atoms with Gasteiger partial charge in [-0.3, -0.25) is 4.79 Å². The fourth-order valence-corrected chi connectivity index (χ4v) is 3.65. The summed E-state index contributed by atoms with van der Waals surface area (Å²) in [6, 6.07) is 7.45. The quantitative estimate of drug-likeness (QED) is 0.613. The fraction of sp³-hybridized carbons (Fsp3) is 0.238. The summed E-state index contributed by atoms with van der Waals surface area (Å²) in [6.07, 6.45) is 4.53. The van der Waals surface area contributed by atoms with Gasteiger partial charge in [-0.1, -0.05) is 30.3 Å². The van der Waals surface area contributed by atoms with Gasteiger partial charge in [-0.2, -0.15) is 0 Å². The second kappa shape index (κ2) is 8.05. The molecule has 29 heavy (non-hydrogen) atoms. The van der Waals surface area contributed by atoms with E-state index < -0.39 is 0 Å². The van der Waals surface area contributed by atoms with Gasteiger partial charge in [0.15, 0.2) is 5.75 Å². The van der Waals surface area contributed by atoms with Crippen molar-refractivity contribution in [2.45, 2.75) is 6.92 Å². The number of para-hydroxylation sites is 1. The predicted octanol–water partition coefficient (Wildman–Crippen LogP) is 3.61. The number of carbonyl (C=O) groups is 1. The molecule has 0 radical (unpaired) electrons. The molecule has 0 spiro atoms. The Morgan fingerprint density at radius 3 is 2.69 bits per heavy atom. The van der Waals surface area contributed by atoms with Crippen molar-refractivity contribution in [3.8, 4) is 11.6 Å².